The topological polar surface area (TPSA) is 69.6 Å². The van der Waals surface area contributed by atoms with Crippen LogP contribution in [0.3, 0.4) is 0 Å². The second-order valence-corrected chi connectivity index (χ2v) is 10.5. The smallest absolute Gasteiger partial charge is 0.392 e. The molecule has 1 fully saturated rings. The van der Waals surface area contributed by atoms with Gasteiger partial charge >= 0.3 is 6.18 Å². The molecule has 0 aromatic heterocycles. The molecular weight excluding hydrogens is 501 g/mol. The molecule has 3 aromatic carbocycles. The Morgan fingerprint density at radius 3 is 2.27 bits per heavy atom. The first-order valence-electron chi connectivity index (χ1n) is 11.7. The van der Waals surface area contributed by atoms with Crippen molar-refractivity contribution in [2.24, 2.45) is 0 Å². The summed E-state index contributed by atoms with van der Waals surface area (Å²) in [6.45, 7) is 0.416. The van der Waals surface area contributed by atoms with Gasteiger partial charge in [0.1, 0.15) is 11.3 Å². The summed E-state index contributed by atoms with van der Waals surface area (Å²) in [6, 6.07) is 22.5. The van der Waals surface area contributed by atoms with Gasteiger partial charge in [0.2, 0.25) is 11.8 Å². The highest BCUT2D eigenvalue weighted by Gasteiger charge is 2.58. The van der Waals surface area contributed by atoms with Crippen LogP contribution in [0.25, 0.3) is 0 Å². The number of aryl methyl sites for hydroxylation is 1. The highest BCUT2D eigenvalue weighted by atomic mass is 32.2. The zero-order chi connectivity index (χ0) is 26.6. The summed E-state index contributed by atoms with van der Waals surface area (Å²) in [5.74, 6) is -1.18. The molecule has 9 heteroatoms. The zero-order valence-corrected chi connectivity index (χ0v) is 21.0. The average Bonchev–Trinajstić information content (AvgIpc) is 3.15. The van der Waals surface area contributed by atoms with E-state index < -0.39 is 29.4 Å². The van der Waals surface area contributed by atoms with Gasteiger partial charge in [-0.3, -0.25) is 9.59 Å². The molecule has 5 nitrogen and oxygen atoms in total. The van der Waals surface area contributed by atoms with Gasteiger partial charge in [-0.1, -0.05) is 72.3 Å². The number of nitrogens with zero attached hydrogens (tertiary/aromatic N) is 1. The van der Waals surface area contributed by atoms with E-state index in [1.165, 1.54) is 0 Å². The third-order valence-corrected chi connectivity index (χ3v) is 7.74. The first-order chi connectivity index (χ1) is 17.6. The Hall–Kier alpha value is -3.30. The third kappa shape index (κ3) is 6.17. The van der Waals surface area contributed by atoms with Crippen LogP contribution in [0.1, 0.15) is 34.7 Å². The molecule has 3 aromatic rings. The van der Waals surface area contributed by atoms with Gasteiger partial charge in [-0.05, 0) is 35.7 Å². The normalized spacial score (nSPS) is 19.8. The molecular formula is C28H27F3N2O3S. The van der Waals surface area contributed by atoms with Crippen molar-refractivity contribution in [1.29, 1.82) is 0 Å². The van der Waals surface area contributed by atoms with Crippen molar-refractivity contribution < 1.29 is 27.9 Å². The fourth-order valence-electron chi connectivity index (χ4n) is 4.52. The van der Waals surface area contributed by atoms with Gasteiger partial charge < -0.3 is 15.3 Å². The maximum Gasteiger partial charge on any atom is 0.405 e. The minimum absolute atomic E-state index is 0.188. The fourth-order valence-corrected chi connectivity index (χ4v) is 5.95. The molecule has 2 N–H and O–H groups in total. The van der Waals surface area contributed by atoms with Gasteiger partial charge in [0.25, 0.3) is 0 Å². The Morgan fingerprint density at radius 1 is 1.03 bits per heavy atom. The summed E-state index contributed by atoms with van der Waals surface area (Å²) < 4.78 is 37.8. The SMILES string of the molecule is Cc1ccc(S[C@]2(C(=O)NCC(F)(F)F)CC(=O)N(Cc3ccccc3)[C@@H]2c2ccc(CO)cc2)cc1. The number of amides is 2. The molecule has 2 amide bonds. The highest BCUT2D eigenvalue weighted by Crippen LogP contribution is 2.53. The van der Waals surface area contributed by atoms with Crippen molar-refractivity contribution >= 4 is 23.6 Å². The van der Waals surface area contributed by atoms with E-state index in [0.717, 1.165) is 22.9 Å². The average molecular weight is 529 g/mol. The van der Waals surface area contributed by atoms with E-state index in [-0.39, 0.29) is 25.5 Å². The molecule has 0 radical (unpaired) electrons. The van der Waals surface area contributed by atoms with Crippen LogP contribution in [0.2, 0.25) is 0 Å². The number of carbonyl (C=O) groups excluding carboxylic acids is 2. The number of hydrogen-bond acceptors (Lipinski definition) is 4. The molecule has 0 unspecified atom stereocenters. The van der Waals surface area contributed by atoms with Crippen LogP contribution in [0, 0.1) is 6.92 Å². The van der Waals surface area contributed by atoms with Crippen LogP contribution < -0.4 is 5.32 Å². The summed E-state index contributed by atoms with van der Waals surface area (Å²) >= 11 is 1.11. The number of thioether (sulfide) groups is 1. The van der Waals surface area contributed by atoms with Crippen molar-refractivity contribution in [3.05, 3.63) is 101 Å². The fraction of sp³-hybridized carbons (Fsp3) is 0.286. The second-order valence-electron chi connectivity index (χ2n) is 9.09. The molecule has 1 aliphatic heterocycles. The molecule has 1 saturated heterocycles. The Balaban J connectivity index is 1.83. The first kappa shape index (κ1) is 26.8. The molecule has 0 saturated carbocycles. The molecule has 194 valence electrons. The number of carbonyl (C=O) groups is 2. The summed E-state index contributed by atoms with van der Waals surface area (Å²) in [4.78, 5) is 29.4. The zero-order valence-electron chi connectivity index (χ0n) is 20.2. The third-order valence-electron chi connectivity index (χ3n) is 6.32. The largest absolute Gasteiger partial charge is 0.405 e. The van der Waals surface area contributed by atoms with Crippen molar-refractivity contribution in [1.82, 2.24) is 10.2 Å². The molecule has 37 heavy (non-hydrogen) atoms. The summed E-state index contributed by atoms with van der Waals surface area (Å²) in [5, 5.41) is 11.6. The summed E-state index contributed by atoms with van der Waals surface area (Å²) in [7, 11) is 0. The number of alkyl halides is 3. The van der Waals surface area contributed by atoms with Gasteiger partial charge in [0, 0.05) is 11.4 Å². The molecule has 1 heterocycles. The van der Waals surface area contributed by atoms with Crippen LogP contribution >= 0.6 is 11.8 Å². The van der Waals surface area contributed by atoms with E-state index in [1.54, 1.807) is 41.3 Å². The van der Waals surface area contributed by atoms with Gasteiger partial charge in [-0.2, -0.15) is 13.2 Å². The van der Waals surface area contributed by atoms with Crippen LogP contribution in [0.15, 0.2) is 83.8 Å². The Morgan fingerprint density at radius 2 is 1.68 bits per heavy atom. The monoisotopic (exact) mass is 528 g/mol. The standard InChI is InChI=1S/C28H27F3N2O3S/c1-19-7-13-23(14-8-19)37-27(26(36)32-18-28(29,30)31)15-24(35)33(16-20-5-3-2-4-6-20)25(27)22-11-9-21(17-34)10-12-22/h2-14,25,34H,15-18H2,1H3,(H,32,36)/t25-,27-/m1/s1. The maximum atomic E-state index is 13.7. The van der Waals surface area contributed by atoms with E-state index >= 15 is 0 Å². The Kier molecular flexibility index (Phi) is 7.94. The number of halogens is 3. The molecule has 0 spiro atoms. The van der Waals surface area contributed by atoms with Gasteiger partial charge in [0.05, 0.1) is 19.1 Å². The van der Waals surface area contributed by atoms with Crippen molar-refractivity contribution in [2.45, 2.75) is 48.4 Å². The van der Waals surface area contributed by atoms with Crippen LogP contribution in [0.5, 0.6) is 0 Å². The second kappa shape index (κ2) is 11.0. The van der Waals surface area contributed by atoms with Crippen LogP contribution in [0.4, 0.5) is 13.2 Å². The van der Waals surface area contributed by atoms with E-state index in [9.17, 15) is 27.9 Å². The van der Waals surface area contributed by atoms with Crippen molar-refractivity contribution in [3.8, 4) is 0 Å². The van der Waals surface area contributed by atoms with Gasteiger partial charge in [0.15, 0.2) is 0 Å². The number of nitrogens with one attached hydrogen (secondary N) is 1. The van der Waals surface area contributed by atoms with E-state index in [4.69, 9.17) is 0 Å². The molecule has 2 atom stereocenters. The summed E-state index contributed by atoms with van der Waals surface area (Å²) in [5.41, 5.74) is 3.06. The minimum atomic E-state index is -4.60. The lowest BCUT2D eigenvalue weighted by Gasteiger charge is -2.37. The van der Waals surface area contributed by atoms with E-state index in [1.807, 2.05) is 49.4 Å². The van der Waals surface area contributed by atoms with E-state index in [2.05, 4.69) is 5.32 Å². The first-order valence-corrected chi connectivity index (χ1v) is 12.6. The lowest BCUT2D eigenvalue weighted by atomic mass is 9.90. The number of benzene rings is 3. The molecule has 0 bridgehead atoms. The van der Waals surface area contributed by atoms with Gasteiger partial charge in [-0.15, -0.1) is 11.8 Å². The van der Waals surface area contributed by atoms with E-state index in [0.29, 0.717) is 16.0 Å². The summed E-state index contributed by atoms with van der Waals surface area (Å²) in [6.07, 6.45) is -4.87. The van der Waals surface area contributed by atoms with Gasteiger partial charge in [-0.25, -0.2) is 0 Å². The highest BCUT2D eigenvalue weighted by molar-refractivity contribution is 8.01. The minimum Gasteiger partial charge on any atom is -0.392 e. The number of aliphatic hydroxyl groups is 1. The van der Waals surface area contributed by atoms with Crippen LogP contribution in [-0.4, -0.2) is 39.3 Å². The molecule has 0 aliphatic carbocycles. The number of aliphatic hydroxyl groups excluding tert-OH is 1. The Labute approximate surface area is 217 Å². The van der Waals surface area contributed by atoms with Crippen LogP contribution in [-0.2, 0) is 22.7 Å². The number of likely N-dealkylation sites (tertiary alicyclic amines) is 1. The predicted molar refractivity (Wildman–Crippen MR) is 136 cm³/mol. The maximum absolute atomic E-state index is 13.7. The number of hydrogen-bond donors (Lipinski definition) is 2. The van der Waals surface area contributed by atoms with Crippen molar-refractivity contribution in [2.75, 3.05) is 6.54 Å². The predicted octanol–water partition coefficient (Wildman–Crippen LogP) is 5.17. The lowest BCUT2D eigenvalue weighted by Crippen LogP contribution is -2.50. The van der Waals surface area contributed by atoms with Crippen molar-refractivity contribution in [3.63, 3.8) is 0 Å². The molecule has 4 rings (SSSR count). The Bertz CT molecular complexity index is 1230. The lowest BCUT2D eigenvalue weighted by molar-refractivity contribution is -0.140. The number of rotatable bonds is 8. The molecule has 1 aliphatic rings. The quantitative estimate of drug-likeness (QED) is 0.423.